The van der Waals surface area contributed by atoms with Gasteiger partial charge in [-0.3, -0.25) is 4.79 Å². The third-order valence-corrected chi connectivity index (χ3v) is 13.2. The maximum Gasteiger partial charge on any atom is 0.306 e. The van der Waals surface area contributed by atoms with E-state index < -0.39 is 14.1 Å². The lowest BCUT2D eigenvalue weighted by molar-refractivity contribution is -0.317. The summed E-state index contributed by atoms with van der Waals surface area (Å²) in [5, 5.41) is 2.39. The standard InChI is InChI=1S/C31H42O6Si/c1-21-17-28(32)34-27-19-25(35-29(21)27)26-18-22(36-31(5,6)37-26)20-33-38(30(2,3)4,23-13-9-7-10-14-23)24-15-11-8-12-16-24/h7-16,21-22,25-27,29H,17-20H2,1-6H3/t21-,22+,25-,26-,27-,29-/m0/s1. The highest BCUT2D eigenvalue weighted by atomic mass is 28.4. The van der Waals surface area contributed by atoms with Crippen LogP contribution in [-0.4, -0.2) is 57.2 Å². The molecule has 206 valence electrons. The Morgan fingerprint density at radius 3 is 2.08 bits per heavy atom. The van der Waals surface area contributed by atoms with Gasteiger partial charge in [-0.15, -0.1) is 0 Å². The Morgan fingerprint density at radius 2 is 1.50 bits per heavy atom. The largest absolute Gasteiger partial charge is 0.459 e. The van der Waals surface area contributed by atoms with Crippen molar-refractivity contribution in [2.24, 2.45) is 5.92 Å². The van der Waals surface area contributed by atoms with Crippen LogP contribution in [0.2, 0.25) is 5.04 Å². The predicted molar refractivity (Wildman–Crippen MR) is 149 cm³/mol. The predicted octanol–water partition coefficient (Wildman–Crippen LogP) is 4.58. The molecule has 5 rings (SSSR count). The smallest absolute Gasteiger partial charge is 0.306 e. The number of esters is 1. The Morgan fingerprint density at radius 1 is 0.895 bits per heavy atom. The topological polar surface area (TPSA) is 63.2 Å². The number of ether oxygens (including phenoxy) is 4. The van der Waals surface area contributed by atoms with Gasteiger partial charge in [0.2, 0.25) is 0 Å². The Hall–Kier alpha value is -2.03. The number of hydrogen-bond acceptors (Lipinski definition) is 6. The molecule has 0 bridgehead atoms. The summed E-state index contributed by atoms with van der Waals surface area (Å²) >= 11 is 0. The van der Waals surface area contributed by atoms with Crippen LogP contribution in [0.5, 0.6) is 0 Å². The first-order valence-corrected chi connectivity index (χ1v) is 15.8. The molecule has 3 fully saturated rings. The summed E-state index contributed by atoms with van der Waals surface area (Å²) in [7, 11) is -2.68. The molecular formula is C31H42O6Si. The van der Waals surface area contributed by atoms with E-state index in [1.807, 2.05) is 13.8 Å². The molecule has 3 aliphatic rings. The Bertz CT molecular complexity index is 1060. The molecule has 6 atom stereocenters. The number of carbonyl (C=O) groups is 1. The van der Waals surface area contributed by atoms with Crippen molar-refractivity contribution in [2.45, 2.75) is 102 Å². The van der Waals surface area contributed by atoms with Crippen molar-refractivity contribution in [1.82, 2.24) is 0 Å². The maximum atomic E-state index is 12.0. The molecule has 38 heavy (non-hydrogen) atoms. The van der Waals surface area contributed by atoms with Gasteiger partial charge in [0.1, 0.15) is 6.10 Å². The van der Waals surface area contributed by atoms with E-state index in [1.165, 1.54) is 10.4 Å². The number of rotatable bonds is 6. The lowest BCUT2D eigenvalue weighted by Crippen LogP contribution is -2.67. The summed E-state index contributed by atoms with van der Waals surface area (Å²) in [5.41, 5.74) is 0. The van der Waals surface area contributed by atoms with Crippen molar-refractivity contribution in [2.75, 3.05) is 6.61 Å². The van der Waals surface area contributed by atoms with Gasteiger partial charge >= 0.3 is 5.97 Å². The van der Waals surface area contributed by atoms with Gasteiger partial charge < -0.3 is 23.4 Å². The third kappa shape index (κ3) is 5.36. The molecule has 0 aliphatic carbocycles. The van der Waals surface area contributed by atoms with Gasteiger partial charge in [0, 0.05) is 12.8 Å². The highest BCUT2D eigenvalue weighted by molar-refractivity contribution is 6.99. The first-order chi connectivity index (χ1) is 18.0. The lowest BCUT2D eigenvalue weighted by Gasteiger charge is -2.46. The molecule has 0 spiro atoms. The van der Waals surface area contributed by atoms with E-state index in [1.54, 1.807) is 0 Å². The summed E-state index contributed by atoms with van der Waals surface area (Å²) < 4.78 is 32.1. The van der Waals surface area contributed by atoms with Crippen LogP contribution in [0.3, 0.4) is 0 Å². The van der Waals surface area contributed by atoms with Gasteiger partial charge in [-0.05, 0) is 35.2 Å². The quantitative estimate of drug-likeness (QED) is 0.396. The Kier molecular flexibility index (Phi) is 7.61. The SMILES string of the molecule is C[C@H]1CC(=O)O[C@H]2C[C@@H]([C@@H]3C[C@H](CO[Si](c4ccccc4)(c4ccccc4)C(C)(C)C)OC(C)(C)O3)O[C@H]21. The summed E-state index contributed by atoms with van der Waals surface area (Å²) in [6, 6.07) is 21.3. The zero-order valence-corrected chi connectivity index (χ0v) is 24.5. The van der Waals surface area contributed by atoms with Crippen molar-refractivity contribution in [1.29, 1.82) is 0 Å². The summed E-state index contributed by atoms with van der Waals surface area (Å²) in [6.45, 7) is 13.3. The second-order valence-electron chi connectivity index (χ2n) is 12.6. The molecule has 2 aromatic rings. The molecule has 3 heterocycles. The van der Waals surface area contributed by atoms with Crippen molar-refractivity contribution >= 4 is 24.7 Å². The maximum absolute atomic E-state index is 12.0. The lowest BCUT2D eigenvalue weighted by atomic mass is 9.92. The molecule has 3 aliphatic heterocycles. The van der Waals surface area contributed by atoms with Crippen molar-refractivity contribution < 1.29 is 28.2 Å². The third-order valence-electron chi connectivity index (χ3n) is 8.19. The highest BCUT2D eigenvalue weighted by Gasteiger charge is 2.53. The fraction of sp³-hybridized carbons (Fsp3) is 0.581. The average Bonchev–Trinajstić information content (AvgIpc) is 3.29. The van der Waals surface area contributed by atoms with Crippen LogP contribution in [0.1, 0.15) is 60.8 Å². The average molecular weight is 539 g/mol. The first-order valence-electron chi connectivity index (χ1n) is 13.9. The van der Waals surface area contributed by atoms with Crippen molar-refractivity contribution in [3.05, 3.63) is 60.7 Å². The van der Waals surface area contributed by atoms with Crippen LogP contribution in [0.15, 0.2) is 60.7 Å². The van der Waals surface area contributed by atoms with Crippen molar-refractivity contribution in [3.63, 3.8) is 0 Å². The fourth-order valence-corrected chi connectivity index (χ4v) is 11.2. The van der Waals surface area contributed by atoms with Gasteiger partial charge in [-0.1, -0.05) is 88.4 Å². The molecule has 0 N–H and O–H groups in total. The van der Waals surface area contributed by atoms with E-state index in [2.05, 4.69) is 88.4 Å². The molecule has 7 heteroatoms. The van der Waals surface area contributed by atoms with Gasteiger partial charge in [0.15, 0.2) is 5.79 Å². The van der Waals surface area contributed by atoms with Crippen molar-refractivity contribution in [3.8, 4) is 0 Å². The van der Waals surface area contributed by atoms with E-state index in [4.69, 9.17) is 23.4 Å². The van der Waals surface area contributed by atoms with E-state index in [0.717, 1.165) is 0 Å². The minimum Gasteiger partial charge on any atom is -0.459 e. The molecule has 0 aromatic heterocycles. The second kappa shape index (κ2) is 10.5. The van der Waals surface area contributed by atoms with Gasteiger partial charge in [0.25, 0.3) is 8.32 Å². The number of hydrogen-bond donors (Lipinski definition) is 0. The van der Waals surface area contributed by atoms with Crippen LogP contribution in [0.25, 0.3) is 0 Å². The zero-order chi connectivity index (χ0) is 27.1. The normalized spacial score (nSPS) is 31.5. The minimum absolute atomic E-state index is 0.0703. The molecule has 0 unspecified atom stereocenters. The zero-order valence-electron chi connectivity index (χ0n) is 23.5. The van der Waals surface area contributed by atoms with Crippen LogP contribution in [0.4, 0.5) is 0 Å². The van der Waals surface area contributed by atoms with E-state index >= 15 is 0 Å². The number of benzene rings is 2. The molecule has 6 nitrogen and oxygen atoms in total. The molecule has 3 saturated heterocycles. The van der Waals surface area contributed by atoms with Crippen LogP contribution in [0, 0.1) is 5.92 Å². The van der Waals surface area contributed by atoms with E-state index in [9.17, 15) is 4.79 Å². The Balaban J connectivity index is 1.39. The van der Waals surface area contributed by atoms with E-state index in [-0.39, 0.29) is 47.4 Å². The van der Waals surface area contributed by atoms with Crippen LogP contribution >= 0.6 is 0 Å². The molecule has 0 radical (unpaired) electrons. The number of fused-ring (bicyclic) bond motifs is 1. The van der Waals surface area contributed by atoms with Gasteiger partial charge in [0.05, 0.1) is 37.4 Å². The molecule has 2 aromatic carbocycles. The molecule has 0 saturated carbocycles. The summed E-state index contributed by atoms with van der Waals surface area (Å²) in [6.07, 6.45) is 0.994. The monoisotopic (exact) mass is 538 g/mol. The fourth-order valence-electron chi connectivity index (χ4n) is 6.62. The van der Waals surface area contributed by atoms with Gasteiger partial charge in [-0.25, -0.2) is 0 Å². The Labute approximate surface area is 228 Å². The summed E-state index contributed by atoms with van der Waals surface area (Å²) in [4.78, 5) is 12.0. The first kappa shape index (κ1) is 27.5. The molecule has 0 amide bonds. The summed E-state index contributed by atoms with van der Waals surface area (Å²) in [5.74, 6) is -0.761. The number of carbonyl (C=O) groups excluding carboxylic acids is 1. The second-order valence-corrected chi connectivity index (χ2v) is 16.9. The highest BCUT2D eigenvalue weighted by Crippen LogP contribution is 2.41. The van der Waals surface area contributed by atoms with E-state index in [0.29, 0.717) is 25.9 Å². The van der Waals surface area contributed by atoms with Gasteiger partial charge in [-0.2, -0.15) is 0 Å². The van der Waals surface area contributed by atoms with Crippen LogP contribution < -0.4 is 10.4 Å². The van der Waals surface area contributed by atoms with Crippen LogP contribution in [-0.2, 0) is 28.2 Å². The minimum atomic E-state index is -2.68. The molecular weight excluding hydrogens is 496 g/mol.